The number of ether oxygens (including phenoxy) is 1. The highest BCUT2D eigenvalue weighted by Gasteiger charge is 2.30. The van der Waals surface area contributed by atoms with E-state index in [9.17, 15) is 18.0 Å². The van der Waals surface area contributed by atoms with Gasteiger partial charge in [-0.1, -0.05) is 35.9 Å². The third-order valence-corrected chi connectivity index (χ3v) is 6.50. The first-order valence-electron chi connectivity index (χ1n) is 8.65. The molecule has 0 aliphatic heterocycles. The monoisotopic (exact) mass is 431 g/mol. The van der Waals surface area contributed by atoms with E-state index in [1.807, 2.05) is 0 Å². The first-order chi connectivity index (χ1) is 13.6. The van der Waals surface area contributed by atoms with Gasteiger partial charge in [0.2, 0.25) is 5.91 Å². The number of nitrogens with zero attached hydrogens (tertiary/aromatic N) is 1. The van der Waals surface area contributed by atoms with Crippen molar-refractivity contribution < 1.29 is 22.7 Å². The molecule has 0 aliphatic carbocycles. The van der Waals surface area contributed by atoms with Crippen LogP contribution in [-0.2, 0) is 19.6 Å². The van der Waals surface area contributed by atoms with E-state index in [0.29, 0.717) is 21.4 Å². The Balaban J connectivity index is 2.25. The molecule has 0 unspecified atom stereocenters. The summed E-state index contributed by atoms with van der Waals surface area (Å²) in [5, 5.41) is 1.39. The smallest absolute Gasteiger partial charge is 0.308 e. The number of fused-ring (bicyclic) bond motifs is 1. The van der Waals surface area contributed by atoms with Crippen LogP contribution in [-0.4, -0.2) is 20.3 Å². The number of anilines is 1. The fourth-order valence-electron chi connectivity index (χ4n) is 3.03. The third kappa shape index (κ3) is 3.97. The molecule has 3 aromatic carbocycles. The molecule has 150 valence electrons. The van der Waals surface area contributed by atoms with Crippen LogP contribution < -0.4 is 9.04 Å². The van der Waals surface area contributed by atoms with Crippen molar-refractivity contribution in [2.75, 3.05) is 4.31 Å². The number of carbonyl (C=O) groups is 2. The van der Waals surface area contributed by atoms with Gasteiger partial charge < -0.3 is 4.74 Å². The Kier molecular flexibility index (Phi) is 5.64. The van der Waals surface area contributed by atoms with Crippen LogP contribution in [0.2, 0.25) is 5.02 Å². The Morgan fingerprint density at radius 1 is 0.966 bits per heavy atom. The number of sulfonamides is 1. The zero-order chi connectivity index (χ0) is 21.3. The summed E-state index contributed by atoms with van der Waals surface area (Å²) in [6.45, 7) is 4.13. The van der Waals surface area contributed by atoms with Crippen molar-refractivity contribution in [2.45, 2.75) is 25.7 Å². The lowest BCUT2D eigenvalue weighted by atomic mass is 10.1. The van der Waals surface area contributed by atoms with Crippen molar-refractivity contribution in [1.29, 1.82) is 0 Å². The van der Waals surface area contributed by atoms with Crippen LogP contribution in [0.25, 0.3) is 10.8 Å². The third-order valence-electron chi connectivity index (χ3n) is 4.29. The summed E-state index contributed by atoms with van der Waals surface area (Å²) in [4.78, 5) is 23.8. The summed E-state index contributed by atoms with van der Waals surface area (Å²) in [6, 6.07) is 14.0. The normalized spacial score (nSPS) is 11.3. The fourth-order valence-corrected chi connectivity index (χ4v) is 4.68. The molecular formula is C21H18ClNO5S. The maximum absolute atomic E-state index is 13.3. The summed E-state index contributed by atoms with van der Waals surface area (Å²) in [5.74, 6) is -0.904. The zero-order valence-corrected chi connectivity index (χ0v) is 17.5. The summed E-state index contributed by atoms with van der Waals surface area (Å²) >= 11 is 6.01. The first kappa shape index (κ1) is 20.8. The van der Waals surface area contributed by atoms with Gasteiger partial charge in [0.15, 0.2) is 0 Å². The molecule has 0 atom stereocenters. The molecule has 1 amide bonds. The van der Waals surface area contributed by atoms with Crippen LogP contribution in [0.4, 0.5) is 5.69 Å². The average molecular weight is 432 g/mol. The lowest BCUT2D eigenvalue weighted by Crippen LogP contribution is -2.35. The predicted molar refractivity (Wildman–Crippen MR) is 112 cm³/mol. The highest BCUT2D eigenvalue weighted by molar-refractivity contribution is 7.93. The van der Waals surface area contributed by atoms with Gasteiger partial charge in [-0.15, -0.1) is 0 Å². The molecule has 0 heterocycles. The predicted octanol–water partition coefficient (Wildman–Crippen LogP) is 4.47. The topological polar surface area (TPSA) is 80.8 Å². The van der Waals surface area contributed by atoms with Gasteiger partial charge in [-0.2, -0.15) is 0 Å². The second-order valence-corrected chi connectivity index (χ2v) is 8.62. The van der Waals surface area contributed by atoms with Crippen molar-refractivity contribution in [2.24, 2.45) is 0 Å². The molecule has 0 bridgehead atoms. The molecule has 8 heteroatoms. The summed E-state index contributed by atoms with van der Waals surface area (Å²) in [5.41, 5.74) is 0.739. The average Bonchev–Trinajstić information content (AvgIpc) is 2.65. The molecule has 0 aromatic heterocycles. The van der Waals surface area contributed by atoms with Crippen molar-refractivity contribution in [3.05, 3.63) is 65.2 Å². The summed E-state index contributed by atoms with van der Waals surface area (Å²) < 4.78 is 32.6. The molecule has 0 saturated carbocycles. The van der Waals surface area contributed by atoms with Crippen molar-refractivity contribution in [3.8, 4) is 5.75 Å². The van der Waals surface area contributed by atoms with Crippen LogP contribution >= 0.6 is 11.6 Å². The first-order valence-corrected chi connectivity index (χ1v) is 10.5. The molecule has 29 heavy (non-hydrogen) atoms. The lowest BCUT2D eigenvalue weighted by molar-refractivity contribution is -0.131. The van der Waals surface area contributed by atoms with Crippen LogP contribution in [0.1, 0.15) is 19.4 Å². The SMILES string of the molecule is CC(=O)Oc1ccc(N(C(C)=O)S(=O)(=O)c2ccc(Cl)c(C)c2)c2ccccc12. The Hall–Kier alpha value is -2.90. The minimum absolute atomic E-state index is 0.0530. The molecular weight excluding hydrogens is 414 g/mol. The van der Waals surface area contributed by atoms with Gasteiger partial charge in [-0.05, 0) is 42.8 Å². The standard InChI is InChI=1S/C21H18ClNO5S/c1-13-12-16(8-9-19(13)22)29(26,27)23(14(2)24)20-10-11-21(28-15(3)25)18-7-5-4-6-17(18)20/h4-12H,1-3H3. The van der Waals surface area contributed by atoms with Gasteiger partial charge in [0.1, 0.15) is 5.75 Å². The minimum Gasteiger partial charge on any atom is -0.426 e. The van der Waals surface area contributed by atoms with Gasteiger partial charge in [0.05, 0.1) is 10.6 Å². The molecule has 3 rings (SSSR count). The quantitative estimate of drug-likeness (QED) is 0.449. The number of hydrogen-bond acceptors (Lipinski definition) is 5. The fraction of sp³-hybridized carbons (Fsp3) is 0.143. The van der Waals surface area contributed by atoms with Crippen LogP contribution in [0.15, 0.2) is 59.5 Å². The molecule has 0 saturated heterocycles. The number of amides is 1. The van der Waals surface area contributed by atoms with E-state index < -0.39 is 21.9 Å². The molecule has 0 N–H and O–H groups in total. The van der Waals surface area contributed by atoms with E-state index in [1.54, 1.807) is 31.2 Å². The van der Waals surface area contributed by atoms with E-state index in [4.69, 9.17) is 16.3 Å². The molecule has 0 aliphatic rings. The maximum Gasteiger partial charge on any atom is 0.308 e. The van der Waals surface area contributed by atoms with E-state index in [1.165, 1.54) is 44.2 Å². The van der Waals surface area contributed by atoms with E-state index >= 15 is 0 Å². The second-order valence-electron chi connectivity index (χ2n) is 6.42. The van der Waals surface area contributed by atoms with Gasteiger partial charge in [0.25, 0.3) is 10.0 Å². The Morgan fingerprint density at radius 2 is 1.62 bits per heavy atom. The Morgan fingerprint density at radius 3 is 2.21 bits per heavy atom. The maximum atomic E-state index is 13.3. The number of halogens is 1. The van der Waals surface area contributed by atoms with E-state index in [-0.39, 0.29) is 16.3 Å². The number of benzene rings is 3. The highest BCUT2D eigenvalue weighted by Crippen LogP contribution is 2.36. The number of esters is 1. The molecule has 0 spiro atoms. The Bertz CT molecular complexity index is 1240. The second kappa shape index (κ2) is 7.85. The molecule has 6 nitrogen and oxygen atoms in total. The van der Waals surface area contributed by atoms with Crippen LogP contribution in [0.3, 0.4) is 0 Å². The van der Waals surface area contributed by atoms with Gasteiger partial charge in [-0.25, -0.2) is 12.7 Å². The number of rotatable bonds is 4. The minimum atomic E-state index is -4.20. The largest absolute Gasteiger partial charge is 0.426 e. The number of hydrogen-bond donors (Lipinski definition) is 0. The van der Waals surface area contributed by atoms with Gasteiger partial charge >= 0.3 is 5.97 Å². The van der Waals surface area contributed by atoms with Crippen LogP contribution in [0, 0.1) is 6.92 Å². The summed E-state index contributed by atoms with van der Waals surface area (Å²) in [6.07, 6.45) is 0. The van der Waals surface area contributed by atoms with E-state index in [0.717, 1.165) is 4.31 Å². The molecule has 0 radical (unpaired) electrons. The van der Waals surface area contributed by atoms with Gasteiger partial charge in [0, 0.05) is 29.6 Å². The highest BCUT2D eigenvalue weighted by atomic mass is 35.5. The summed E-state index contributed by atoms with van der Waals surface area (Å²) in [7, 11) is -4.20. The molecule has 0 fully saturated rings. The lowest BCUT2D eigenvalue weighted by Gasteiger charge is -2.23. The number of carbonyl (C=O) groups excluding carboxylic acids is 2. The van der Waals surface area contributed by atoms with Crippen molar-refractivity contribution in [1.82, 2.24) is 0 Å². The van der Waals surface area contributed by atoms with E-state index in [2.05, 4.69) is 0 Å². The van der Waals surface area contributed by atoms with Crippen molar-refractivity contribution in [3.63, 3.8) is 0 Å². The van der Waals surface area contributed by atoms with Crippen LogP contribution in [0.5, 0.6) is 5.75 Å². The zero-order valence-electron chi connectivity index (χ0n) is 16.0. The van der Waals surface area contributed by atoms with Gasteiger partial charge in [-0.3, -0.25) is 9.59 Å². The molecule has 3 aromatic rings. The number of aryl methyl sites for hydroxylation is 1. The Labute approximate surface area is 173 Å². The van der Waals surface area contributed by atoms with Crippen molar-refractivity contribution >= 4 is 50.0 Å².